The molecule has 0 heterocycles. The zero-order chi connectivity index (χ0) is 16.1. The average Bonchev–Trinajstić information content (AvgIpc) is 2.61. The van der Waals surface area contributed by atoms with E-state index in [4.69, 9.17) is 0 Å². The second-order valence-electron chi connectivity index (χ2n) is 5.47. The highest BCUT2D eigenvalue weighted by Crippen LogP contribution is 2.26. The first-order valence-corrected chi connectivity index (χ1v) is 7.67. The van der Waals surface area contributed by atoms with E-state index in [-0.39, 0.29) is 5.78 Å². The van der Waals surface area contributed by atoms with Crippen LogP contribution in [0.2, 0.25) is 0 Å². The number of hydrogen-bond donors (Lipinski definition) is 0. The average molecular weight is 298 g/mol. The molecule has 1 heteroatoms. The minimum Gasteiger partial charge on any atom is -0.295 e. The summed E-state index contributed by atoms with van der Waals surface area (Å²) in [7, 11) is 0. The number of ketones is 1. The van der Waals surface area contributed by atoms with Crippen LogP contribution in [0.4, 0.5) is 0 Å². The molecule has 0 saturated heterocycles. The summed E-state index contributed by atoms with van der Waals surface area (Å²) < 4.78 is 0. The Balaban J connectivity index is 2.06. The quantitative estimate of drug-likeness (QED) is 0.460. The van der Waals surface area contributed by atoms with Gasteiger partial charge in [0.05, 0.1) is 0 Å². The summed E-state index contributed by atoms with van der Waals surface area (Å²) in [5.74, 6) is 0.0897. The summed E-state index contributed by atoms with van der Waals surface area (Å²) in [6.45, 7) is 1.59. The van der Waals surface area contributed by atoms with Crippen LogP contribution in [-0.2, 0) is 0 Å². The Labute approximate surface area is 136 Å². The van der Waals surface area contributed by atoms with E-state index < -0.39 is 0 Å². The highest BCUT2D eigenvalue weighted by atomic mass is 16.1. The Kier molecular flexibility index (Phi) is 4.49. The Morgan fingerprint density at radius 2 is 1.13 bits per heavy atom. The third kappa shape index (κ3) is 3.64. The van der Waals surface area contributed by atoms with E-state index in [1.54, 1.807) is 6.92 Å². The molecule has 112 valence electrons. The lowest BCUT2D eigenvalue weighted by molar-refractivity contribution is 0.101. The molecule has 0 amide bonds. The van der Waals surface area contributed by atoms with E-state index in [9.17, 15) is 4.79 Å². The van der Waals surface area contributed by atoms with Gasteiger partial charge in [0.2, 0.25) is 0 Å². The molecule has 0 bridgehead atoms. The molecule has 0 atom stereocenters. The normalized spacial score (nSPS) is 10.1. The lowest BCUT2D eigenvalue weighted by atomic mass is 9.95. The van der Waals surface area contributed by atoms with Gasteiger partial charge < -0.3 is 0 Å². The lowest BCUT2D eigenvalue weighted by Gasteiger charge is -2.09. The minimum atomic E-state index is 0.0897. The zero-order valence-electron chi connectivity index (χ0n) is 13.1. The first-order valence-electron chi connectivity index (χ1n) is 7.67. The standard InChI is InChI=1S/C22H18O/c1-17(23)19-14-12-18(13-15-19)16-22(20-8-4-2-5-9-20)21-10-6-3-7-11-21/h2-16H,1H3. The van der Waals surface area contributed by atoms with E-state index in [0.717, 1.165) is 11.1 Å². The fourth-order valence-electron chi connectivity index (χ4n) is 2.55. The molecule has 0 aliphatic heterocycles. The minimum absolute atomic E-state index is 0.0897. The van der Waals surface area contributed by atoms with Gasteiger partial charge in [-0.15, -0.1) is 0 Å². The Morgan fingerprint density at radius 1 is 0.652 bits per heavy atom. The van der Waals surface area contributed by atoms with E-state index in [2.05, 4.69) is 30.3 Å². The molecule has 3 rings (SSSR count). The maximum absolute atomic E-state index is 11.4. The molecular formula is C22H18O. The molecule has 1 nitrogen and oxygen atoms in total. The second-order valence-corrected chi connectivity index (χ2v) is 5.47. The van der Waals surface area contributed by atoms with Crippen molar-refractivity contribution >= 4 is 17.4 Å². The van der Waals surface area contributed by atoms with Gasteiger partial charge in [-0.25, -0.2) is 0 Å². The molecule has 3 aromatic rings. The zero-order valence-corrected chi connectivity index (χ0v) is 13.1. The van der Waals surface area contributed by atoms with E-state index in [1.807, 2.05) is 60.7 Å². The van der Waals surface area contributed by atoms with Crippen molar-refractivity contribution in [2.24, 2.45) is 0 Å². The van der Waals surface area contributed by atoms with Crippen LogP contribution in [0.25, 0.3) is 11.6 Å². The largest absolute Gasteiger partial charge is 0.295 e. The molecule has 0 aliphatic carbocycles. The monoisotopic (exact) mass is 298 g/mol. The van der Waals surface area contributed by atoms with Gasteiger partial charge in [-0.1, -0.05) is 84.9 Å². The van der Waals surface area contributed by atoms with Crippen LogP contribution in [0, 0.1) is 0 Å². The van der Waals surface area contributed by atoms with Gasteiger partial charge in [0.15, 0.2) is 5.78 Å². The van der Waals surface area contributed by atoms with E-state index >= 15 is 0 Å². The molecule has 0 saturated carbocycles. The van der Waals surface area contributed by atoms with Crippen LogP contribution in [0.3, 0.4) is 0 Å². The Bertz CT molecular complexity index is 771. The second kappa shape index (κ2) is 6.89. The first kappa shape index (κ1) is 15.0. The molecule has 0 radical (unpaired) electrons. The summed E-state index contributed by atoms with van der Waals surface area (Å²) >= 11 is 0. The fourth-order valence-corrected chi connectivity index (χ4v) is 2.55. The highest BCUT2D eigenvalue weighted by molar-refractivity contribution is 5.95. The van der Waals surface area contributed by atoms with Crippen LogP contribution < -0.4 is 0 Å². The van der Waals surface area contributed by atoms with Crippen LogP contribution >= 0.6 is 0 Å². The predicted octanol–water partition coefficient (Wildman–Crippen LogP) is 5.48. The van der Waals surface area contributed by atoms with Crippen molar-refractivity contribution in [1.82, 2.24) is 0 Å². The number of carbonyl (C=O) groups is 1. The summed E-state index contributed by atoms with van der Waals surface area (Å²) in [6, 6.07) is 28.4. The predicted molar refractivity (Wildman–Crippen MR) is 96.3 cm³/mol. The van der Waals surface area contributed by atoms with E-state index in [0.29, 0.717) is 0 Å². The van der Waals surface area contributed by atoms with Crippen molar-refractivity contribution in [3.63, 3.8) is 0 Å². The van der Waals surface area contributed by atoms with Crippen molar-refractivity contribution in [2.75, 3.05) is 0 Å². The van der Waals surface area contributed by atoms with Gasteiger partial charge in [-0.05, 0) is 35.3 Å². The van der Waals surface area contributed by atoms with Gasteiger partial charge in [0.25, 0.3) is 0 Å². The number of Topliss-reactive ketones (excluding diaryl/α,β-unsaturated/α-hetero) is 1. The highest BCUT2D eigenvalue weighted by Gasteiger charge is 2.05. The van der Waals surface area contributed by atoms with E-state index in [1.165, 1.54) is 16.7 Å². The molecule has 0 unspecified atom stereocenters. The molecule has 0 spiro atoms. The molecule has 0 aromatic heterocycles. The van der Waals surface area contributed by atoms with Gasteiger partial charge >= 0.3 is 0 Å². The Hall–Kier alpha value is -2.93. The third-order valence-corrected chi connectivity index (χ3v) is 3.80. The SMILES string of the molecule is CC(=O)c1ccc(C=C(c2ccccc2)c2ccccc2)cc1. The molecule has 23 heavy (non-hydrogen) atoms. The molecule has 0 N–H and O–H groups in total. The summed E-state index contributed by atoms with van der Waals surface area (Å²) in [5.41, 5.74) is 5.34. The molecule has 0 fully saturated rings. The Morgan fingerprint density at radius 3 is 1.57 bits per heavy atom. The third-order valence-electron chi connectivity index (χ3n) is 3.80. The van der Waals surface area contributed by atoms with Gasteiger partial charge in [0.1, 0.15) is 0 Å². The van der Waals surface area contributed by atoms with Crippen molar-refractivity contribution in [3.05, 3.63) is 107 Å². The van der Waals surface area contributed by atoms with Gasteiger partial charge in [0, 0.05) is 5.56 Å². The smallest absolute Gasteiger partial charge is 0.159 e. The van der Waals surface area contributed by atoms with Crippen molar-refractivity contribution in [3.8, 4) is 0 Å². The van der Waals surface area contributed by atoms with Crippen LogP contribution in [-0.4, -0.2) is 5.78 Å². The number of rotatable bonds is 4. The molecule has 3 aromatic carbocycles. The summed E-state index contributed by atoms with van der Waals surface area (Å²) in [4.78, 5) is 11.4. The number of benzene rings is 3. The lowest BCUT2D eigenvalue weighted by Crippen LogP contribution is -1.91. The fraction of sp³-hybridized carbons (Fsp3) is 0.0455. The summed E-state index contributed by atoms with van der Waals surface area (Å²) in [6.07, 6.45) is 2.16. The van der Waals surface area contributed by atoms with Gasteiger partial charge in [-0.3, -0.25) is 4.79 Å². The van der Waals surface area contributed by atoms with Crippen LogP contribution in [0.5, 0.6) is 0 Å². The molecule has 0 aliphatic rings. The maximum Gasteiger partial charge on any atom is 0.159 e. The first-order chi connectivity index (χ1) is 11.2. The number of hydrogen-bond acceptors (Lipinski definition) is 1. The van der Waals surface area contributed by atoms with Crippen molar-refractivity contribution in [1.29, 1.82) is 0 Å². The number of carbonyl (C=O) groups excluding carboxylic acids is 1. The van der Waals surface area contributed by atoms with Crippen LogP contribution in [0.1, 0.15) is 34.0 Å². The van der Waals surface area contributed by atoms with Crippen molar-refractivity contribution < 1.29 is 4.79 Å². The molecular weight excluding hydrogens is 280 g/mol. The summed E-state index contributed by atoms with van der Waals surface area (Å²) in [5, 5.41) is 0. The van der Waals surface area contributed by atoms with Gasteiger partial charge in [-0.2, -0.15) is 0 Å². The topological polar surface area (TPSA) is 17.1 Å². The van der Waals surface area contributed by atoms with Crippen LogP contribution in [0.15, 0.2) is 84.9 Å². The van der Waals surface area contributed by atoms with Crippen molar-refractivity contribution in [2.45, 2.75) is 6.92 Å². The maximum atomic E-state index is 11.4.